The van der Waals surface area contributed by atoms with E-state index in [0.29, 0.717) is 31.9 Å². The van der Waals surface area contributed by atoms with Crippen molar-refractivity contribution in [3.8, 4) is 0 Å². The van der Waals surface area contributed by atoms with Crippen molar-refractivity contribution in [3.63, 3.8) is 0 Å². The maximum absolute atomic E-state index is 13.7. The van der Waals surface area contributed by atoms with Crippen LogP contribution in [0.25, 0.3) is 10.2 Å². The van der Waals surface area contributed by atoms with E-state index in [4.69, 9.17) is 11.6 Å². The summed E-state index contributed by atoms with van der Waals surface area (Å²) >= 11 is 7.25. The van der Waals surface area contributed by atoms with E-state index in [9.17, 15) is 14.0 Å². The van der Waals surface area contributed by atoms with E-state index in [1.54, 1.807) is 27.2 Å². The second kappa shape index (κ2) is 8.16. The molecule has 0 saturated carbocycles. The molecule has 2 amide bonds. The Balaban J connectivity index is 1.61. The zero-order valence-corrected chi connectivity index (χ0v) is 17.5. The van der Waals surface area contributed by atoms with Gasteiger partial charge in [0.1, 0.15) is 22.2 Å². The van der Waals surface area contributed by atoms with Crippen LogP contribution in [0.15, 0.2) is 41.8 Å². The molecule has 0 N–H and O–H groups in total. The largest absolute Gasteiger partial charge is 0.335 e. The van der Waals surface area contributed by atoms with Gasteiger partial charge < -0.3 is 14.4 Å². The zero-order chi connectivity index (χ0) is 20.5. The Labute approximate surface area is 177 Å². The van der Waals surface area contributed by atoms with E-state index in [1.807, 2.05) is 35.1 Å². The maximum atomic E-state index is 13.7. The van der Waals surface area contributed by atoms with Crippen molar-refractivity contribution < 1.29 is 14.0 Å². The average Bonchev–Trinajstić information content (AvgIpc) is 3.29. The second-order valence-electron chi connectivity index (χ2n) is 7.25. The first kappa shape index (κ1) is 19.9. The van der Waals surface area contributed by atoms with E-state index in [1.165, 1.54) is 12.1 Å². The van der Waals surface area contributed by atoms with Crippen LogP contribution in [0, 0.1) is 5.82 Å². The molecule has 4 rings (SSSR count). The molecule has 1 aromatic carbocycles. The van der Waals surface area contributed by atoms with Crippen molar-refractivity contribution in [1.29, 1.82) is 0 Å². The zero-order valence-electron chi connectivity index (χ0n) is 16.0. The highest BCUT2D eigenvalue weighted by Gasteiger charge is 2.31. The number of hydrogen-bond acceptors (Lipinski definition) is 3. The summed E-state index contributed by atoms with van der Waals surface area (Å²) in [5, 5.41) is 2.98. The molecule has 5 nitrogen and oxygen atoms in total. The predicted molar refractivity (Wildman–Crippen MR) is 113 cm³/mol. The Kier molecular flexibility index (Phi) is 5.61. The molecule has 3 heterocycles. The van der Waals surface area contributed by atoms with Crippen LogP contribution in [-0.2, 0) is 11.3 Å². The molecule has 0 bridgehead atoms. The summed E-state index contributed by atoms with van der Waals surface area (Å²) in [7, 11) is 0. The quantitative estimate of drug-likeness (QED) is 0.587. The number of carbonyl (C=O) groups is 2. The molecule has 1 atom stereocenters. The van der Waals surface area contributed by atoms with E-state index >= 15 is 0 Å². The summed E-state index contributed by atoms with van der Waals surface area (Å²) in [6.07, 6.45) is 0. The molecular weight excluding hydrogens is 413 g/mol. The summed E-state index contributed by atoms with van der Waals surface area (Å²) in [6, 6.07) is 10.2. The van der Waals surface area contributed by atoms with Crippen LogP contribution >= 0.6 is 22.9 Å². The summed E-state index contributed by atoms with van der Waals surface area (Å²) in [5.74, 6) is -0.528. The van der Waals surface area contributed by atoms with Crippen LogP contribution in [0.4, 0.5) is 4.39 Å². The molecule has 152 valence electrons. The van der Waals surface area contributed by atoms with Crippen LogP contribution in [0.3, 0.4) is 0 Å². The Bertz CT molecular complexity index is 1060. The van der Waals surface area contributed by atoms with E-state index < -0.39 is 0 Å². The topological polar surface area (TPSA) is 45.6 Å². The van der Waals surface area contributed by atoms with Gasteiger partial charge in [-0.3, -0.25) is 9.59 Å². The molecule has 1 fully saturated rings. The van der Waals surface area contributed by atoms with Crippen molar-refractivity contribution in [3.05, 3.63) is 58.9 Å². The summed E-state index contributed by atoms with van der Waals surface area (Å²) in [5.41, 5.74) is 1.39. The van der Waals surface area contributed by atoms with Crippen LogP contribution < -0.4 is 0 Å². The molecule has 1 aliphatic rings. The number of piperazine rings is 1. The van der Waals surface area contributed by atoms with E-state index in [0.717, 1.165) is 15.8 Å². The van der Waals surface area contributed by atoms with Crippen molar-refractivity contribution in [2.24, 2.45) is 0 Å². The first-order chi connectivity index (χ1) is 14.0. The van der Waals surface area contributed by atoms with E-state index in [2.05, 4.69) is 0 Å². The van der Waals surface area contributed by atoms with Gasteiger partial charge in [0, 0.05) is 37.6 Å². The molecule has 8 heteroatoms. The molecule has 2 aromatic heterocycles. The predicted octanol–water partition coefficient (Wildman–Crippen LogP) is 3.80. The Morgan fingerprint density at radius 3 is 2.79 bits per heavy atom. The maximum Gasteiger partial charge on any atom is 0.270 e. The third kappa shape index (κ3) is 3.89. The first-order valence-corrected chi connectivity index (χ1v) is 10.8. The van der Waals surface area contributed by atoms with Gasteiger partial charge in [0.15, 0.2) is 0 Å². The molecule has 0 radical (unpaired) electrons. The molecule has 3 aromatic rings. The molecule has 1 aliphatic heterocycles. The van der Waals surface area contributed by atoms with Crippen LogP contribution in [-0.4, -0.2) is 57.7 Å². The van der Waals surface area contributed by atoms with Gasteiger partial charge in [-0.05, 0) is 42.1 Å². The number of nitrogens with zero attached hydrogens (tertiary/aromatic N) is 3. The number of halogens is 2. The minimum atomic E-state index is -0.293. The highest BCUT2D eigenvalue weighted by atomic mass is 35.5. The van der Waals surface area contributed by atoms with Gasteiger partial charge in [0.05, 0.1) is 0 Å². The number of hydrogen-bond donors (Lipinski definition) is 0. The monoisotopic (exact) mass is 433 g/mol. The van der Waals surface area contributed by atoms with Crippen molar-refractivity contribution >= 4 is 45.0 Å². The van der Waals surface area contributed by atoms with Crippen molar-refractivity contribution in [2.45, 2.75) is 19.5 Å². The second-order valence-corrected chi connectivity index (χ2v) is 8.41. The summed E-state index contributed by atoms with van der Waals surface area (Å²) in [4.78, 5) is 29.8. The molecule has 1 unspecified atom stereocenters. The van der Waals surface area contributed by atoms with Crippen LogP contribution in [0.1, 0.15) is 23.0 Å². The number of aromatic nitrogens is 1. The van der Waals surface area contributed by atoms with Gasteiger partial charge in [-0.25, -0.2) is 4.39 Å². The Hall–Kier alpha value is -2.38. The molecule has 0 spiro atoms. The average molecular weight is 434 g/mol. The highest BCUT2D eigenvalue weighted by molar-refractivity contribution is 7.16. The fourth-order valence-electron chi connectivity index (χ4n) is 3.88. The molecule has 0 aliphatic carbocycles. The lowest BCUT2D eigenvalue weighted by molar-refractivity contribution is -0.132. The van der Waals surface area contributed by atoms with Crippen LogP contribution in [0.5, 0.6) is 0 Å². The first-order valence-electron chi connectivity index (χ1n) is 9.44. The number of carbonyl (C=O) groups excluding carboxylic acids is 2. The SMILES string of the molecule is CC1CN(C(=O)c2cc3ccsc3n2Cc2cccc(F)c2)CCN1C(=O)CCl. The number of amides is 2. The van der Waals surface area contributed by atoms with Gasteiger partial charge in [0.25, 0.3) is 5.91 Å². The molecule has 1 saturated heterocycles. The summed E-state index contributed by atoms with van der Waals surface area (Å²) < 4.78 is 15.6. The van der Waals surface area contributed by atoms with Crippen LogP contribution in [0.2, 0.25) is 0 Å². The highest BCUT2D eigenvalue weighted by Crippen LogP contribution is 2.28. The lowest BCUT2D eigenvalue weighted by Crippen LogP contribution is -2.56. The third-order valence-corrected chi connectivity index (χ3v) is 6.48. The van der Waals surface area contributed by atoms with Crippen molar-refractivity contribution in [2.75, 3.05) is 25.5 Å². The number of rotatable bonds is 4. The molecular formula is C21H21ClFN3O2S. The lowest BCUT2D eigenvalue weighted by atomic mass is 10.1. The minimum Gasteiger partial charge on any atom is -0.335 e. The number of benzene rings is 1. The van der Waals surface area contributed by atoms with Gasteiger partial charge in [-0.15, -0.1) is 22.9 Å². The van der Waals surface area contributed by atoms with Gasteiger partial charge in [-0.2, -0.15) is 0 Å². The fourth-order valence-corrected chi connectivity index (χ4v) is 4.93. The molecule has 29 heavy (non-hydrogen) atoms. The fraction of sp³-hybridized carbons (Fsp3) is 0.333. The number of alkyl halides is 1. The minimum absolute atomic E-state index is 0.0505. The van der Waals surface area contributed by atoms with Gasteiger partial charge in [-0.1, -0.05) is 12.1 Å². The lowest BCUT2D eigenvalue weighted by Gasteiger charge is -2.39. The van der Waals surface area contributed by atoms with E-state index in [-0.39, 0.29) is 29.6 Å². The standard InChI is InChI=1S/C21H21ClFN3O2S/c1-14-12-24(6-7-25(14)19(27)11-22)20(28)18-10-16-5-8-29-21(16)26(18)13-15-3-2-4-17(23)9-15/h2-5,8-10,14H,6-7,11-13H2,1H3. The normalized spacial score (nSPS) is 17.1. The Morgan fingerprint density at radius 1 is 1.24 bits per heavy atom. The van der Waals surface area contributed by atoms with Gasteiger partial charge >= 0.3 is 0 Å². The number of thiophene rings is 1. The van der Waals surface area contributed by atoms with Gasteiger partial charge in [0.2, 0.25) is 5.91 Å². The third-order valence-electron chi connectivity index (χ3n) is 5.30. The summed E-state index contributed by atoms with van der Waals surface area (Å²) in [6.45, 7) is 3.74. The smallest absolute Gasteiger partial charge is 0.270 e. The number of fused-ring (bicyclic) bond motifs is 1. The Morgan fingerprint density at radius 2 is 2.07 bits per heavy atom. The van der Waals surface area contributed by atoms with Crippen molar-refractivity contribution in [1.82, 2.24) is 14.4 Å².